The largest absolute Gasteiger partial charge is 0.467 e. The molecule has 0 bridgehead atoms. The Labute approximate surface area is 156 Å². The molecule has 0 unspecified atom stereocenters. The highest BCUT2D eigenvalue weighted by atomic mass is 16.3. The molecule has 0 aliphatic carbocycles. The molecule has 0 amide bonds. The minimum Gasteiger partial charge on any atom is -0.467 e. The standard InChI is InChI=1S/C22H20N2O3/c1-15-9-10-16(2)17(12-15)13-23-20-8-4-3-7-19(20)21(25)24(22(23)26)14-18-6-5-11-27-18/h3-12H,13-14H2,1-2H3. The Bertz CT molecular complexity index is 1230. The molecule has 4 rings (SSSR count). The van der Waals surface area contributed by atoms with Crippen molar-refractivity contribution in [1.29, 1.82) is 0 Å². The number of para-hydroxylation sites is 1. The molecule has 0 N–H and O–H groups in total. The van der Waals surface area contributed by atoms with E-state index >= 15 is 0 Å². The van der Waals surface area contributed by atoms with Gasteiger partial charge in [-0.25, -0.2) is 4.79 Å². The van der Waals surface area contributed by atoms with Crippen LogP contribution in [0.15, 0.2) is 74.9 Å². The maximum Gasteiger partial charge on any atom is 0.332 e. The van der Waals surface area contributed by atoms with Gasteiger partial charge in [0.2, 0.25) is 0 Å². The van der Waals surface area contributed by atoms with Crippen LogP contribution < -0.4 is 11.2 Å². The molecule has 2 aromatic heterocycles. The Morgan fingerprint density at radius 3 is 2.48 bits per heavy atom. The van der Waals surface area contributed by atoms with Crippen LogP contribution in [-0.2, 0) is 13.1 Å². The van der Waals surface area contributed by atoms with Gasteiger partial charge in [-0.3, -0.25) is 13.9 Å². The van der Waals surface area contributed by atoms with Crippen molar-refractivity contribution in [3.63, 3.8) is 0 Å². The van der Waals surface area contributed by atoms with Gasteiger partial charge >= 0.3 is 5.69 Å². The average molecular weight is 360 g/mol. The molecule has 27 heavy (non-hydrogen) atoms. The van der Waals surface area contributed by atoms with Crippen molar-refractivity contribution in [3.8, 4) is 0 Å². The van der Waals surface area contributed by atoms with Crippen LogP contribution in [0.5, 0.6) is 0 Å². The second kappa shape index (κ2) is 6.76. The Morgan fingerprint density at radius 1 is 0.889 bits per heavy atom. The van der Waals surface area contributed by atoms with Crippen molar-refractivity contribution in [1.82, 2.24) is 9.13 Å². The van der Waals surface area contributed by atoms with Crippen LogP contribution in [0.1, 0.15) is 22.5 Å². The summed E-state index contributed by atoms with van der Waals surface area (Å²) in [5, 5.41) is 0.522. The summed E-state index contributed by atoms with van der Waals surface area (Å²) in [6, 6.07) is 16.9. The zero-order valence-corrected chi connectivity index (χ0v) is 15.3. The Morgan fingerprint density at radius 2 is 1.70 bits per heavy atom. The number of nitrogens with zero attached hydrogens (tertiary/aromatic N) is 2. The first kappa shape index (κ1) is 17.1. The summed E-state index contributed by atoms with van der Waals surface area (Å²) in [7, 11) is 0. The smallest absolute Gasteiger partial charge is 0.332 e. The monoisotopic (exact) mass is 360 g/mol. The summed E-state index contributed by atoms with van der Waals surface area (Å²) >= 11 is 0. The van der Waals surface area contributed by atoms with Gasteiger partial charge in [0.15, 0.2) is 0 Å². The molecule has 0 aliphatic heterocycles. The minimum absolute atomic E-state index is 0.113. The molecule has 0 saturated heterocycles. The summed E-state index contributed by atoms with van der Waals surface area (Å²) in [4.78, 5) is 26.1. The third kappa shape index (κ3) is 3.12. The van der Waals surface area contributed by atoms with Crippen molar-refractivity contribution in [2.24, 2.45) is 0 Å². The number of furan rings is 1. The summed E-state index contributed by atoms with van der Waals surface area (Å²) in [5.74, 6) is 0.572. The van der Waals surface area contributed by atoms with Crippen molar-refractivity contribution >= 4 is 10.9 Å². The highest BCUT2D eigenvalue weighted by molar-refractivity contribution is 5.78. The van der Waals surface area contributed by atoms with E-state index < -0.39 is 0 Å². The summed E-state index contributed by atoms with van der Waals surface area (Å²) in [6.07, 6.45) is 1.54. The molecular formula is C22H20N2O3. The SMILES string of the molecule is Cc1ccc(C)c(Cn2c(=O)n(Cc3ccco3)c(=O)c3ccccc32)c1. The molecule has 0 fully saturated rings. The van der Waals surface area contributed by atoms with E-state index in [4.69, 9.17) is 4.42 Å². The van der Waals surface area contributed by atoms with Gasteiger partial charge in [0.25, 0.3) is 5.56 Å². The van der Waals surface area contributed by atoms with Crippen LogP contribution in [-0.4, -0.2) is 9.13 Å². The van der Waals surface area contributed by atoms with Gasteiger partial charge in [-0.05, 0) is 49.2 Å². The van der Waals surface area contributed by atoms with Crippen LogP contribution in [0.3, 0.4) is 0 Å². The maximum absolute atomic E-state index is 13.2. The topological polar surface area (TPSA) is 57.1 Å². The second-order valence-corrected chi connectivity index (χ2v) is 6.79. The molecule has 0 atom stereocenters. The van der Waals surface area contributed by atoms with Crippen molar-refractivity contribution in [2.75, 3.05) is 0 Å². The van der Waals surface area contributed by atoms with E-state index in [1.807, 2.05) is 32.0 Å². The first-order valence-corrected chi connectivity index (χ1v) is 8.85. The Kier molecular flexibility index (Phi) is 4.28. The number of aryl methyl sites for hydroxylation is 2. The maximum atomic E-state index is 13.2. The molecule has 0 spiro atoms. The molecule has 0 aliphatic rings. The summed E-state index contributed by atoms with van der Waals surface area (Å²) in [5.41, 5.74) is 3.31. The van der Waals surface area contributed by atoms with Crippen LogP contribution >= 0.6 is 0 Å². The predicted molar refractivity (Wildman–Crippen MR) is 105 cm³/mol. The van der Waals surface area contributed by atoms with Gasteiger partial charge in [-0.1, -0.05) is 35.9 Å². The molecule has 2 heterocycles. The van der Waals surface area contributed by atoms with E-state index in [-0.39, 0.29) is 17.8 Å². The number of hydrogen-bond donors (Lipinski definition) is 0. The van der Waals surface area contributed by atoms with Gasteiger partial charge < -0.3 is 4.42 Å². The van der Waals surface area contributed by atoms with E-state index in [0.717, 1.165) is 16.7 Å². The summed E-state index contributed by atoms with van der Waals surface area (Å²) in [6.45, 7) is 4.58. The quantitative estimate of drug-likeness (QED) is 0.560. The fourth-order valence-electron chi connectivity index (χ4n) is 3.36. The lowest BCUT2D eigenvalue weighted by Crippen LogP contribution is -2.40. The van der Waals surface area contributed by atoms with E-state index in [9.17, 15) is 9.59 Å². The number of benzene rings is 2. The summed E-state index contributed by atoms with van der Waals surface area (Å²) < 4.78 is 8.26. The number of hydrogen-bond acceptors (Lipinski definition) is 3. The molecule has 136 valence electrons. The van der Waals surface area contributed by atoms with Crippen LogP contribution in [0.4, 0.5) is 0 Å². The lowest BCUT2D eigenvalue weighted by Gasteiger charge is -2.15. The first-order chi connectivity index (χ1) is 13.0. The van der Waals surface area contributed by atoms with E-state index in [0.29, 0.717) is 23.2 Å². The molecule has 4 aromatic rings. The number of fused-ring (bicyclic) bond motifs is 1. The van der Waals surface area contributed by atoms with Gasteiger partial charge in [0.05, 0.1) is 30.3 Å². The molecule has 5 heteroatoms. The lowest BCUT2D eigenvalue weighted by molar-refractivity contribution is 0.479. The van der Waals surface area contributed by atoms with Crippen LogP contribution in [0.2, 0.25) is 0 Å². The van der Waals surface area contributed by atoms with Crippen molar-refractivity contribution < 1.29 is 4.42 Å². The third-order valence-corrected chi connectivity index (χ3v) is 4.86. The van der Waals surface area contributed by atoms with E-state index in [1.165, 1.54) is 10.8 Å². The molecule has 0 radical (unpaired) electrons. The number of aromatic nitrogens is 2. The van der Waals surface area contributed by atoms with Crippen LogP contribution in [0.25, 0.3) is 10.9 Å². The fourth-order valence-corrected chi connectivity index (χ4v) is 3.36. The second-order valence-electron chi connectivity index (χ2n) is 6.79. The highest BCUT2D eigenvalue weighted by Crippen LogP contribution is 2.15. The van der Waals surface area contributed by atoms with Gasteiger partial charge in [-0.2, -0.15) is 0 Å². The van der Waals surface area contributed by atoms with Crippen LogP contribution in [0, 0.1) is 13.8 Å². The average Bonchev–Trinajstić information content (AvgIpc) is 3.18. The minimum atomic E-state index is -0.337. The molecular weight excluding hydrogens is 340 g/mol. The Balaban J connectivity index is 1.95. The number of rotatable bonds is 4. The third-order valence-electron chi connectivity index (χ3n) is 4.86. The normalized spacial score (nSPS) is 11.2. The first-order valence-electron chi connectivity index (χ1n) is 8.85. The van der Waals surface area contributed by atoms with Gasteiger partial charge in [-0.15, -0.1) is 0 Å². The van der Waals surface area contributed by atoms with Gasteiger partial charge in [0, 0.05) is 0 Å². The molecule has 0 saturated carbocycles. The highest BCUT2D eigenvalue weighted by Gasteiger charge is 2.15. The van der Waals surface area contributed by atoms with E-state index in [2.05, 4.69) is 18.2 Å². The Hall–Kier alpha value is -3.34. The zero-order chi connectivity index (χ0) is 19.0. The lowest BCUT2D eigenvalue weighted by atomic mass is 10.1. The molecule has 2 aromatic carbocycles. The van der Waals surface area contributed by atoms with Gasteiger partial charge in [0.1, 0.15) is 5.76 Å². The zero-order valence-electron chi connectivity index (χ0n) is 15.3. The predicted octanol–water partition coefficient (Wildman–Crippen LogP) is 3.47. The molecule has 5 nitrogen and oxygen atoms in total. The fraction of sp³-hybridized carbons (Fsp3) is 0.182. The van der Waals surface area contributed by atoms with Crippen molar-refractivity contribution in [3.05, 3.63) is 104 Å². The van der Waals surface area contributed by atoms with Crippen molar-refractivity contribution in [2.45, 2.75) is 26.9 Å². The van der Waals surface area contributed by atoms with E-state index in [1.54, 1.807) is 22.8 Å².